The van der Waals surface area contributed by atoms with Crippen LogP contribution in [0.15, 0.2) is 21.3 Å². The second kappa shape index (κ2) is 6.97. The predicted octanol–water partition coefficient (Wildman–Crippen LogP) is 3.51. The molecule has 4 heteroatoms. The van der Waals surface area contributed by atoms with Gasteiger partial charge in [0.15, 0.2) is 5.43 Å². The van der Waals surface area contributed by atoms with Crippen molar-refractivity contribution >= 4 is 11.0 Å². The van der Waals surface area contributed by atoms with Crippen LogP contribution >= 0.6 is 0 Å². The average Bonchev–Trinajstić information content (AvgIpc) is 2.55. The molecule has 2 aromatic rings. The van der Waals surface area contributed by atoms with Gasteiger partial charge in [0.05, 0.1) is 18.1 Å². The Labute approximate surface area is 131 Å². The molecule has 0 radical (unpaired) electrons. The van der Waals surface area contributed by atoms with Gasteiger partial charge in [-0.15, -0.1) is 0 Å². The second-order valence-electron chi connectivity index (χ2n) is 5.42. The highest BCUT2D eigenvalue weighted by atomic mass is 16.5. The summed E-state index contributed by atoms with van der Waals surface area (Å²) in [5, 5.41) is 0.637. The third kappa shape index (κ3) is 2.88. The summed E-state index contributed by atoms with van der Waals surface area (Å²) in [6.45, 7) is 10.7. The second-order valence-corrected chi connectivity index (χ2v) is 5.42. The summed E-state index contributed by atoms with van der Waals surface area (Å²) >= 11 is 0. The van der Waals surface area contributed by atoms with E-state index >= 15 is 0 Å². The van der Waals surface area contributed by atoms with Crippen molar-refractivity contribution in [3.63, 3.8) is 0 Å². The smallest absolute Gasteiger partial charge is 0.195 e. The van der Waals surface area contributed by atoms with Crippen molar-refractivity contribution in [2.75, 3.05) is 20.2 Å². The van der Waals surface area contributed by atoms with E-state index in [1.807, 2.05) is 19.9 Å². The molecule has 0 bridgehead atoms. The number of methoxy groups -OCH3 is 1. The van der Waals surface area contributed by atoms with Crippen molar-refractivity contribution in [1.82, 2.24) is 4.90 Å². The largest absolute Gasteiger partial charge is 0.496 e. The molecule has 0 spiro atoms. The Morgan fingerprint density at radius 3 is 2.41 bits per heavy atom. The van der Waals surface area contributed by atoms with E-state index in [0.717, 1.165) is 30.2 Å². The standard InChI is InChI=1S/C18H25NO3/c1-6-15-12(4)17(20)13-9-10-16(21-5)14(18(13)22-15)11-19(7-2)8-3/h9-10H,6-8,11H2,1-5H3. The highest BCUT2D eigenvalue weighted by Crippen LogP contribution is 2.29. The Morgan fingerprint density at radius 2 is 1.86 bits per heavy atom. The number of benzene rings is 1. The van der Waals surface area contributed by atoms with Gasteiger partial charge in [-0.05, 0) is 32.1 Å². The van der Waals surface area contributed by atoms with Crippen LogP contribution in [-0.4, -0.2) is 25.1 Å². The number of ether oxygens (including phenoxy) is 1. The highest BCUT2D eigenvalue weighted by molar-refractivity contribution is 5.82. The van der Waals surface area contributed by atoms with E-state index in [-0.39, 0.29) is 5.43 Å². The lowest BCUT2D eigenvalue weighted by Crippen LogP contribution is -2.23. The maximum atomic E-state index is 12.6. The number of rotatable bonds is 6. The molecule has 0 fully saturated rings. The molecule has 0 saturated carbocycles. The van der Waals surface area contributed by atoms with E-state index in [0.29, 0.717) is 29.5 Å². The first-order valence-electron chi connectivity index (χ1n) is 7.91. The topological polar surface area (TPSA) is 42.7 Å². The quantitative estimate of drug-likeness (QED) is 0.819. The van der Waals surface area contributed by atoms with Gasteiger partial charge in [0, 0.05) is 18.5 Å². The third-order valence-electron chi connectivity index (χ3n) is 4.26. The van der Waals surface area contributed by atoms with Crippen LogP contribution in [0.1, 0.15) is 37.7 Å². The van der Waals surface area contributed by atoms with Crippen LogP contribution in [-0.2, 0) is 13.0 Å². The molecule has 120 valence electrons. The van der Waals surface area contributed by atoms with Crippen LogP contribution < -0.4 is 10.2 Å². The van der Waals surface area contributed by atoms with E-state index in [1.165, 1.54) is 0 Å². The van der Waals surface area contributed by atoms with Crippen LogP contribution in [0.2, 0.25) is 0 Å². The molecule has 0 saturated heterocycles. The van der Waals surface area contributed by atoms with Crippen molar-refractivity contribution in [1.29, 1.82) is 0 Å². The summed E-state index contributed by atoms with van der Waals surface area (Å²) in [6.07, 6.45) is 0.707. The zero-order valence-corrected chi connectivity index (χ0v) is 14.2. The Balaban J connectivity index is 2.75. The van der Waals surface area contributed by atoms with Crippen LogP contribution in [0.5, 0.6) is 5.75 Å². The summed E-state index contributed by atoms with van der Waals surface area (Å²) in [5.41, 5.74) is 2.38. The zero-order valence-electron chi connectivity index (χ0n) is 14.2. The molecule has 22 heavy (non-hydrogen) atoms. The van der Waals surface area contributed by atoms with Crippen LogP contribution in [0.3, 0.4) is 0 Å². The Kier molecular flexibility index (Phi) is 5.24. The molecule has 1 heterocycles. The number of fused-ring (bicyclic) bond motifs is 1. The van der Waals surface area contributed by atoms with Gasteiger partial charge in [0.2, 0.25) is 0 Å². The predicted molar refractivity (Wildman–Crippen MR) is 89.8 cm³/mol. The number of aryl methyl sites for hydroxylation is 1. The molecule has 4 nitrogen and oxygen atoms in total. The van der Waals surface area contributed by atoms with Gasteiger partial charge in [0.25, 0.3) is 0 Å². The van der Waals surface area contributed by atoms with Gasteiger partial charge in [-0.1, -0.05) is 20.8 Å². The molecule has 0 N–H and O–H groups in total. The molecule has 1 aromatic carbocycles. The van der Waals surface area contributed by atoms with Crippen molar-refractivity contribution in [3.05, 3.63) is 39.2 Å². The number of nitrogens with zero attached hydrogens (tertiary/aromatic N) is 1. The van der Waals surface area contributed by atoms with Gasteiger partial charge in [-0.3, -0.25) is 9.69 Å². The molecule has 1 aromatic heterocycles. The minimum Gasteiger partial charge on any atom is -0.496 e. The SMILES string of the molecule is CCc1oc2c(CN(CC)CC)c(OC)ccc2c(=O)c1C. The molecule has 2 rings (SSSR count). The first-order chi connectivity index (χ1) is 10.6. The minimum absolute atomic E-state index is 0.0570. The van der Waals surface area contributed by atoms with Gasteiger partial charge >= 0.3 is 0 Å². The zero-order chi connectivity index (χ0) is 16.3. The van der Waals surface area contributed by atoms with Gasteiger partial charge in [0.1, 0.15) is 17.1 Å². The van der Waals surface area contributed by atoms with Crippen LogP contribution in [0, 0.1) is 6.92 Å². The maximum absolute atomic E-state index is 12.6. The van der Waals surface area contributed by atoms with Gasteiger partial charge in [-0.25, -0.2) is 0 Å². The van der Waals surface area contributed by atoms with Crippen molar-refractivity contribution in [2.24, 2.45) is 0 Å². The Bertz CT molecular complexity index is 714. The van der Waals surface area contributed by atoms with Gasteiger partial charge < -0.3 is 9.15 Å². The van der Waals surface area contributed by atoms with Crippen molar-refractivity contribution in [2.45, 2.75) is 40.7 Å². The first kappa shape index (κ1) is 16.6. The molecule has 0 atom stereocenters. The monoisotopic (exact) mass is 303 g/mol. The molecule has 0 amide bonds. The Morgan fingerprint density at radius 1 is 1.18 bits per heavy atom. The Hall–Kier alpha value is -1.81. The third-order valence-corrected chi connectivity index (χ3v) is 4.26. The summed E-state index contributed by atoms with van der Waals surface area (Å²) in [7, 11) is 1.65. The van der Waals surface area contributed by atoms with Crippen LogP contribution in [0.4, 0.5) is 0 Å². The number of hydrogen-bond acceptors (Lipinski definition) is 4. The lowest BCUT2D eigenvalue weighted by Gasteiger charge is -2.20. The lowest BCUT2D eigenvalue weighted by molar-refractivity contribution is 0.288. The normalized spacial score (nSPS) is 11.4. The summed E-state index contributed by atoms with van der Waals surface area (Å²) in [4.78, 5) is 14.9. The lowest BCUT2D eigenvalue weighted by atomic mass is 10.1. The summed E-state index contributed by atoms with van der Waals surface area (Å²) < 4.78 is 11.6. The minimum atomic E-state index is 0.0570. The average molecular weight is 303 g/mol. The molecular formula is C18H25NO3. The molecular weight excluding hydrogens is 278 g/mol. The first-order valence-corrected chi connectivity index (χ1v) is 7.91. The van der Waals surface area contributed by atoms with E-state index in [2.05, 4.69) is 18.7 Å². The molecule has 0 unspecified atom stereocenters. The highest BCUT2D eigenvalue weighted by Gasteiger charge is 2.17. The molecule has 0 aliphatic heterocycles. The molecule has 0 aliphatic rings. The van der Waals surface area contributed by atoms with Crippen LogP contribution in [0.25, 0.3) is 11.0 Å². The van der Waals surface area contributed by atoms with E-state index in [9.17, 15) is 4.79 Å². The van der Waals surface area contributed by atoms with Crippen molar-refractivity contribution < 1.29 is 9.15 Å². The fourth-order valence-electron chi connectivity index (χ4n) is 2.78. The molecule has 0 aliphatic carbocycles. The van der Waals surface area contributed by atoms with Gasteiger partial charge in [-0.2, -0.15) is 0 Å². The van der Waals surface area contributed by atoms with E-state index < -0.39 is 0 Å². The number of hydrogen-bond donors (Lipinski definition) is 0. The van der Waals surface area contributed by atoms with E-state index in [4.69, 9.17) is 9.15 Å². The van der Waals surface area contributed by atoms with E-state index in [1.54, 1.807) is 13.2 Å². The fourth-order valence-corrected chi connectivity index (χ4v) is 2.78. The van der Waals surface area contributed by atoms with Crippen molar-refractivity contribution in [3.8, 4) is 5.75 Å². The summed E-state index contributed by atoms with van der Waals surface area (Å²) in [5.74, 6) is 1.53. The fraction of sp³-hybridized carbons (Fsp3) is 0.500. The summed E-state index contributed by atoms with van der Waals surface area (Å²) in [6, 6.07) is 3.67. The maximum Gasteiger partial charge on any atom is 0.195 e.